The van der Waals surface area contributed by atoms with Gasteiger partial charge in [-0.2, -0.15) is 0 Å². The number of carboxylic acids is 1. The molecule has 0 amide bonds. The molecule has 2 rings (SSSR count). The molecule has 0 aliphatic carbocycles. The molecule has 21 heavy (non-hydrogen) atoms. The number of nitrogens with one attached hydrogen (secondary N) is 1. The van der Waals surface area contributed by atoms with Crippen LogP contribution >= 0.6 is 0 Å². The van der Waals surface area contributed by atoms with Gasteiger partial charge in [0.1, 0.15) is 5.69 Å². The Morgan fingerprint density at radius 3 is 2.86 bits per heavy atom. The van der Waals surface area contributed by atoms with Crippen LogP contribution in [0.1, 0.15) is 13.3 Å². The maximum Gasteiger partial charge on any atom is 0.308 e. The van der Waals surface area contributed by atoms with E-state index in [2.05, 4.69) is 10.3 Å². The first-order chi connectivity index (χ1) is 10.0. The molecule has 1 unspecified atom stereocenters. The SMILES string of the molecule is CCC(CNc1ccc2ncccc2c1[N+](=O)[O-])C(=O)O. The molecular weight excluding hydrogens is 274 g/mol. The Bertz CT molecular complexity index is 687. The zero-order valence-electron chi connectivity index (χ0n) is 11.4. The molecule has 0 saturated carbocycles. The molecular formula is C14H15N3O4. The summed E-state index contributed by atoms with van der Waals surface area (Å²) in [5.41, 5.74) is 0.751. The molecule has 0 saturated heterocycles. The van der Waals surface area contributed by atoms with Crippen LogP contribution in [0.3, 0.4) is 0 Å². The zero-order valence-corrected chi connectivity index (χ0v) is 11.4. The number of hydrogen-bond donors (Lipinski definition) is 2. The topological polar surface area (TPSA) is 105 Å². The highest BCUT2D eigenvalue weighted by atomic mass is 16.6. The highest BCUT2D eigenvalue weighted by Crippen LogP contribution is 2.32. The summed E-state index contributed by atoms with van der Waals surface area (Å²) in [5.74, 6) is -1.51. The molecule has 110 valence electrons. The fraction of sp³-hybridized carbons (Fsp3) is 0.286. The molecule has 1 heterocycles. The number of fused-ring (bicyclic) bond motifs is 1. The molecule has 0 aliphatic heterocycles. The summed E-state index contributed by atoms with van der Waals surface area (Å²) in [6, 6.07) is 6.49. The van der Waals surface area contributed by atoms with Crippen LogP contribution in [0.15, 0.2) is 30.5 Å². The van der Waals surface area contributed by atoms with Gasteiger partial charge in [-0.3, -0.25) is 19.9 Å². The maximum atomic E-state index is 11.3. The first-order valence-electron chi connectivity index (χ1n) is 6.53. The molecule has 0 spiro atoms. The van der Waals surface area contributed by atoms with Crippen molar-refractivity contribution in [2.24, 2.45) is 5.92 Å². The first kappa shape index (κ1) is 14.7. The van der Waals surface area contributed by atoms with Gasteiger partial charge in [-0.1, -0.05) is 6.92 Å². The quantitative estimate of drug-likeness (QED) is 0.625. The van der Waals surface area contributed by atoms with E-state index in [4.69, 9.17) is 5.11 Å². The lowest BCUT2D eigenvalue weighted by molar-refractivity contribution is -0.382. The average Bonchev–Trinajstić information content (AvgIpc) is 2.46. The van der Waals surface area contributed by atoms with Gasteiger partial charge < -0.3 is 10.4 Å². The summed E-state index contributed by atoms with van der Waals surface area (Å²) in [7, 11) is 0. The van der Waals surface area contributed by atoms with Crippen LogP contribution in [0, 0.1) is 16.0 Å². The standard InChI is InChI=1S/C14H15N3O4/c1-2-9(14(18)19)8-16-12-6-5-11-10(4-3-7-15-11)13(12)17(20)21/h3-7,9,16H,2,8H2,1H3,(H,18,19). The number of nitro benzene ring substituents is 1. The van der Waals surface area contributed by atoms with Crippen LogP contribution in [0.5, 0.6) is 0 Å². The summed E-state index contributed by atoms with van der Waals surface area (Å²) in [5, 5.41) is 23.6. The number of benzene rings is 1. The van der Waals surface area contributed by atoms with Gasteiger partial charge in [0, 0.05) is 12.7 Å². The summed E-state index contributed by atoms with van der Waals surface area (Å²) in [6.07, 6.45) is 2.02. The molecule has 2 N–H and O–H groups in total. The highest BCUT2D eigenvalue weighted by Gasteiger charge is 2.21. The monoisotopic (exact) mass is 289 g/mol. The number of nitro groups is 1. The second-order valence-corrected chi connectivity index (χ2v) is 4.61. The van der Waals surface area contributed by atoms with E-state index in [1.807, 2.05) is 0 Å². The van der Waals surface area contributed by atoms with Crippen molar-refractivity contribution in [2.45, 2.75) is 13.3 Å². The van der Waals surface area contributed by atoms with Gasteiger partial charge in [0.05, 0.1) is 21.7 Å². The summed E-state index contributed by atoms with van der Waals surface area (Å²) in [4.78, 5) is 25.9. The van der Waals surface area contributed by atoms with E-state index in [-0.39, 0.29) is 12.2 Å². The number of nitrogens with zero attached hydrogens (tertiary/aromatic N) is 2. The average molecular weight is 289 g/mol. The normalized spacial score (nSPS) is 12.0. The largest absolute Gasteiger partial charge is 0.481 e. The van der Waals surface area contributed by atoms with Crippen LogP contribution in [0.25, 0.3) is 10.9 Å². The molecule has 1 aromatic heterocycles. The Labute approximate surface area is 120 Å². The number of aromatic nitrogens is 1. The molecule has 0 aliphatic rings. The van der Waals surface area contributed by atoms with Gasteiger partial charge >= 0.3 is 11.7 Å². The summed E-state index contributed by atoms with van der Waals surface area (Å²) < 4.78 is 0. The zero-order chi connectivity index (χ0) is 15.4. The number of rotatable bonds is 6. The minimum atomic E-state index is -0.921. The highest BCUT2D eigenvalue weighted by molar-refractivity contribution is 5.94. The number of carboxylic acid groups (broad SMARTS) is 1. The Hall–Kier alpha value is -2.70. The van der Waals surface area contributed by atoms with Gasteiger partial charge in [-0.05, 0) is 30.7 Å². The Balaban J connectivity index is 2.37. The second kappa shape index (κ2) is 6.17. The third-order valence-electron chi connectivity index (χ3n) is 3.32. The van der Waals surface area contributed by atoms with Crippen molar-refractivity contribution < 1.29 is 14.8 Å². The number of carbonyl (C=O) groups is 1. The van der Waals surface area contributed by atoms with Crippen LogP contribution < -0.4 is 5.32 Å². The smallest absolute Gasteiger partial charge is 0.308 e. The molecule has 0 fully saturated rings. The Morgan fingerprint density at radius 2 is 2.24 bits per heavy atom. The van der Waals surface area contributed by atoms with Crippen LogP contribution in [0.4, 0.5) is 11.4 Å². The fourth-order valence-corrected chi connectivity index (χ4v) is 2.12. The van der Waals surface area contributed by atoms with Crippen molar-refractivity contribution in [2.75, 3.05) is 11.9 Å². The predicted molar refractivity (Wildman–Crippen MR) is 78.3 cm³/mol. The molecule has 1 atom stereocenters. The van der Waals surface area contributed by atoms with Gasteiger partial charge in [0.15, 0.2) is 0 Å². The lowest BCUT2D eigenvalue weighted by atomic mass is 10.1. The second-order valence-electron chi connectivity index (χ2n) is 4.61. The lowest BCUT2D eigenvalue weighted by Crippen LogP contribution is -2.22. The number of pyridine rings is 1. The van der Waals surface area contributed by atoms with Gasteiger partial charge in [-0.15, -0.1) is 0 Å². The van der Waals surface area contributed by atoms with Gasteiger partial charge in [0.25, 0.3) is 0 Å². The summed E-state index contributed by atoms with van der Waals surface area (Å²) in [6.45, 7) is 1.90. The Kier molecular flexibility index (Phi) is 4.32. The van der Waals surface area contributed by atoms with E-state index in [1.54, 1.807) is 37.4 Å². The van der Waals surface area contributed by atoms with Crippen LogP contribution in [-0.2, 0) is 4.79 Å². The Morgan fingerprint density at radius 1 is 1.48 bits per heavy atom. The van der Waals surface area contributed by atoms with E-state index in [9.17, 15) is 14.9 Å². The predicted octanol–water partition coefficient (Wildman–Crippen LogP) is 2.67. The van der Waals surface area contributed by atoms with E-state index in [1.165, 1.54) is 0 Å². The van der Waals surface area contributed by atoms with E-state index >= 15 is 0 Å². The molecule has 0 radical (unpaired) electrons. The summed E-state index contributed by atoms with van der Waals surface area (Å²) >= 11 is 0. The van der Waals surface area contributed by atoms with E-state index in [0.717, 1.165) is 0 Å². The van der Waals surface area contributed by atoms with Crippen molar-refractivity contribution in [1.82, 2.24) is 4.98 Å². The number of anilines is 1. The van der Waals surface area contributed by atoms with Crippen molar-refractivity contribution in [3.63, 3.8) is 0 Å². The lowest BCUT2D eigenvalue weighted by Gasteiger charge is -2.13. The molecule has 0 bridgehead atoms. The van der Waals surface area contributed by atoms with Crippen molar-refractivity contribution in [1.29, 1.82) is 0 Å². The van der Waals surface area contributed by atoms with Gasteiger partial charge in [-0.25, -0.2) is 0 Å². The van der Waals surface area contributed by atoms with E-state index in [0.29, 0.717) is 23.0 Å². The van der Waals surface area contributed by atoms with Crippen LogP contribution in [-0.4, -0.2) is 27.5 Å². The minimum Gasteiger partial charge on any atom is -0.481 e. The van der Waals surface area contributed by atoms with Crippen molar-refractivity contribution in [3.8, 4) is 0 Å². The first-order valence-corrected chi connectivity index (χ1v) is 6.53. The van der Waals surface area contributed by atoms with Crippen molar-refractivity contribution in [3.05, 3.63) is 40.6 Å². The molecule has 2 aromatic rings. The van der Waals surface area contributed by atoms with E-state index < -0.39 is 16.8 Å². The third kappa shape index (κ3) is 3.07. The molecule has 7 nitrogen and oxygen atoms in total. The fourth-order valence-electron chi connectivity index (χ4n) is 2.12. The van der Waals surface area contributed by atoms with Crippen molar-refractivity contribution >= 4 is 28.2 Å². The maximum absolute atomic E-state index is 11.3. The minimum absolute atomic E-state index is 0.0826. The third-order valence-corrected chi connectivity index (χ3v) is 3.32. The van der Waals surface area contributed by atoms with Crippen LogP contribution in [0.2, 0.25) is 0 Å². The number of aliphatic carboxylic acids is 1. The molecule has 7 heteroatoms. The number of hydrogen-bond acceptors (Lipinski definition) is 5. The van der Waals surface area contributed by atoms with Gasteiger partial charge in [0.2, 0.25) is 0 Å². The molecule has 1 aromatic carbocycles.